The number of halogens is 2. The van der Waals surface area contributed by atoms with Crippen LogP contribution in [0.1, 0.15) is 37.4 Å². The van der Waals surface area contributed by atoms with Gasteiger partial charge < -0.3 is 18.9 Å². The minimum absolute atomic E-state index is 0.125. The summed E-state index contributed by atoms with van der Waals surface area (Å²) in [6, 6.07) is 14.2. The van der Waals surface area contributed by atoms with Crippen molar-refractivity contribution in [1.82, 2.24) is 0 Å². The lowest BCUT2D eigenvalue weighted by Gasteiger charge is -2.20. The molecule has 3 aromatic carbocycles. The second-order valence-electron chi connectivity index (χ2n) is 7.87. The van der Waals surface area contributed by atoms with Gasteiger partial charge in [-0.1, -0.05) is 44.0 Å². The van der Waals surface area contributed by atoms with Gasteiger partial charge in [-0.3, -0.25) is 9.59 Å². The standard InChI is InChI=1S/C26H18Br2O6/c1-14-6-20(32-12-21(29)15-2-4-18(27)5-3-15)10-22-24(14)25(30)23(34-22)9-16-7-19(28)8-17-11-31-13-33-26(16)17/h2-10H,11-13H2,1H3/b23-9-. The predicted octanol–water partition coefficient (Wildman–Crippen LogP) is 6.26. The second-order valence-corrected chi connectivity index (χ2v) is 9.70. The van der Waals surface area contributed by atoms with Gasteiger partial charge in [-0.2, -0.15) is 0 Å². The largest absolute Gasteiger partial charge is 0.485 e. The van der Waals surface area contributed by atoms with E-state index in [0.717, 1.165) is 20.1 Å². The summed E-state index contributed by atoms with van der Waals surface area (Å²) in [6.07, 6.45) is 1.67. The quantitative estimate of drug-likeness (QED) is 0.260. The van der Waals surface area contributed by atoms with Crippen LogP contribution in [0.2, 0.25) is 0 Å². The first-order valence-electron chi connectivity index (χ1n) is 10.4. The number of ether oxygens (including phenoxy) is 4. The summed E-state index contributed by atoms with van der Waals surface area (Å²) in [5, 5.41) is 0. The maximum atomic E-state index is 13.1. The van der Waals surface area contributed by atoms with Crippen LogP contribution >= 0.6 is 31.9 Å². The Morgan fingerprint density at radius 3 is 2.68 bits per heavy atom. The van der Waals surface area contributed by atoms with Crippen molar-refractivity contribution >= 4 is 49.5 Å². The van der Waals surface area contributed by atoms with Crippen molar-refractivity contribution in [2.24, 2.45) is 0 Å². The number of hydrogen-bond donors (Lipinski definition) is 0. The minimum Gasteiger partial charge on any atom is -0.485 e. The van der Waals surface area contributed by atoms with Crippen LogP contribution < -0.4 is 14.2 Å². The summed E-state index contributed by atoms with van der Waals surface area (Å²) < 4.78 is 24.4. The predicted molar refractivity (Wildman–Crippen MR) is 133 cm³/mol. The zero-order valence-electron chi connectivity index (χ0n) is 18.0. The van der Waals surface area contributed by atoms with Crippen molar-refractivity contribution in [3.8, 4) is 17.2 Å². The van der Waals surface area contributed by atoms with E-state index in [1.54, 1.807) is 42.5 Å². The van der Waals surface area contributed by atoms with Crippen LogP contribution in [0, 0.1) is 6.92 Å². The summed E-state index contributed by atoms with van der Waals surface area (Å²) >= 11 is 6.85. The van der Waals surface area contributed by atoms with Gasteiger partial charge in [0.25, 0.3) is 0 Å². The molecule has 0 radical (unpaired) electrons. The SMILES string of the molecule is Cc1cc(OCC(=O)c2ccc(Br)cc2)cc2c1C(=O)/C(=C/c1cc(Br)cc3c1OCOC3)O2. The van der Waals surface area contributed by atoms with E-state index in [9.17, 15) is 9.59 Å². The molecule has 0 aliphatic carbocycles. The Balaban J connectivity index is 1.38. The summed E-state index contributed by atoms with van der Waals surface area (Å²) in [5.74, 6) is 1.35. The van der Waals surface area contributed by atoms with E-state index in [2.05, 4.69) is 31.9 Å². The number of fused-ring (bicyclic) bond motifs is 2. The molecule has 0 bridgehead atoms. The summed E-state index contributed by atoms with van der Waals surface area (Å²) in [6.45, 7) is 2.27. The molecule has 2 aliphatic heterocycles. The fourth-order valence-electron chi connectivity index (χ4n) is 3.89. The number of benzene rings is 3. The second kappa shape index (κ2) is 9.37. The molecule has 0 saturated heterocycles. The molecule has 0 saturated carbocycles. The molecule has 0 unspecified atom stereocenters. The highest BCUT2D eigenvalue weighted by Crippen LogP contribution is 2.39. The molecule has 0 atom stereocenters. The van der Waals surface area contributed by atoms with Gasteiger partial charge in [0.05, 0.1) is 12.2 Å². The Kier molecular flexibility index (Phi) is 6.29. The Hall–Kier alpha value is -2.94. The van der Waals surface area contributed by atoms with Crippen molar-refractivity contribution in [2.75, 3.05) is 13.4 Å². The van der Waals surface area contributed by atoms with E-state index in [0.29, 0.717) is 40.5 Å². The number of carbonyl (C=O) groups is 2. The molecular weight excluding hydrogens is 568 g/mol. The van der Waals surface area contributed by atoms with Gasteiger partial charge in [-0.15, -0.1) is 0 Å². The number of allylic oxidation sites excluding steroid dienone is 1. The summed E-state index contributed by atoms with van der Waals surface area (Å²) in [7, 11) is 0. The van der Waals surface area contributed by atoms with Gasteiger partial charge in [0.1, 0.15) is 17.2 Å². The van der Waals surface area contributed by atoms with Gasteiger partial charge in [-0.25, -0.2) is 0 Å². The van der Waals surface area contributed by atoms with Gasteiger partial charge in [0, 0.05) is 31.7 Å². The van der Waals surface area contributed by atoms with Crippen molar-refractivity contribution in [3.63, 3.8) is 0 Å². The fourth-order valence-corrected chi connectivity index (χ4v) is 4.67. The molecule has 2 aliphatic rings. The molecule has 34 heavy (non-hydrogen) atoms. The molecule has 0 fully saturated rings. The molecule has 0 N–H and O–H groups in total. The first-order chi connectivity index (χ1) is 16.4. The molecular formula is C26H18Br2O6. The van der Waals surface area contributed by atoms with E-state index < -0.39 is 0 Å². The highest BCUT2D eigenvalue weighted by molar-refractivity contribution is 9.10. The number of hydrogen-bond acceptors (Lipinski definition) is 6. The van der Waals surface area contributed by atoms with Crippen LogP contribution in [0.5, 0.6) is 17.2 Å². The molecule has 5 rings (SSSR count). The number of ketones is 2. The zero-order chi connectivity index (χ0) is 23.8. The molecule has 172 valence electrons. The molecule has 0 aromatic heterocycles. The molecule has 0 amide bonds. The fraction of sp³-hybridized carbons (Fsp3) is 0.154. The van der Waals surface area contributed by atoms with E-state index in [1.165, 1.54) is 0 Å². The lowest BCUT2D eigenvalue weighted by atomic mass is 10.0. The first kappa shape index (κ1) is 22.8. The number of aryl methyl sites for hydroxylation is 1. The highest BCUT2D eigenvalue weighted by Gasteiger charge is 2.31. The molecule has 8 heteroatoms. The van der Waals surface area contributed by atoms with E-state index in [1.807, 2.05) is 19.1 Å². The molecule has 0 spiro atoms. The van der Waals surface area contributed by atoms with Crippen molar-refractivity contribution in [2.45, 2.75) is 13.5 Å². The van der Waals surface area contributed by atoms with Crippen LogP contribution in [0.15, 0.2) is 63.2 Å². The van der Waals surface area contributed by atoms with Crippen LogP contribution in [0.25, 0.3) is 6.08 Å². The summed E-state index contributed by atoms with van der Waals surface area (Å²) in [5.41, 5.74) is 3.35. The monoisotopic (exact) mass is 584 g/mol. The summed E-state index contributed by atoms with van der Waals surface area (Å²) in [4.78, 5) is 25.5. The number of carbonyl (C=O) groups excluding carboxylic acids is 2. The third-order valence-electron chi connectivity index (χ3n) is 5.47. The average Bonchev–Trinajstić information content (AvgIpc) is 3.13. The number of rotatable bonds is 5. The van der Waals surface area contributed by atoms with Crippen molar-refractivity contribution in [3.05, 3.63) is 91.1 Å². The molecule has 6 nitrogen and oxygen atoms in total. The van der Waals surface area contributed by atoms with Gasteiger partial charge >= 0.3 is 0 Å². The maximum Gasteiger partial charge on any atom is 0.232 e. The van der Waals surface area contributed by atoms with Crippen LogP contribution in [0.3, 0.4) is 0 Å². The topological polar surface area (TPSA) is 71.1 Å². The first-order valence-corrected chi connectivity index (χ1v) is 12.0. The lowest BCUT2D eigenvalue weighted by molar-refractivity contribution is -0.0165. The van der Waals surface area contributed by atoms with Gasteiger partial charge in [0.15, 0.2) is 24.9 Å². The minimum atomic E-state index is -0.217. The molecule has 2 heterocycles. The third kappa shape index (κ3) is 4.53. The maximum absolute atomic E-state index is 13.1. The van der Waals surface area contributed by atoms with Crippen LogP contribution in [-0.4, -0.2) is 25.0 Å². The zero-order valence-corrected chi connectivity index (χ0v) is 21.2. The average molecular weight is 586 g/mol. The molecule has 3 aromatic rings. The van der Waals surface area contributed by atoms with Crippen LogP contribution in [-0.2, 0) is 11.3 Å². The van der Waals surface area contributed by atoms with E-state index in [4.69, 9.17) is 18.9 Å². The Bertz CT molecular complexity index is 1340. The van der Waals surface area contributed by atoms with Crippen molar-refractivity contribution < 1.29 is 28.5 Å². The van der Waals surface area contributed by atoms with Crippen molar-refractivity contribution in [1.29, 1.82) is 0 Å². The number of Topliss-reactive ketones (excluding diaryl/α,β-unsaturated/α-hetero) is 2. The van der Waals surface area contributed by atoms with Crippen LogP contribution in [0.4, 0.5) is 0 Å². The normalized spacial score (nSPS) is 15.4. The van der Waals surface area contributed by atoms with Gasteiger partial charge in [-0.05, 0) is 48.9 Å². The Labute approximate surface area is 212 Å². The lowest BCUT2D eigenvalue weighted by Crippen LogP contribution is -2.12. The van der Waals surface area contributed by atoms with E-state index in [-0.39, 0.29) is 30.7 Å². The van der Waals surface area contributed by atoms with Gasteiger partial charge in [0.2, 0.25) is 5.78 Å². The Morgan fingerprint density at radius 1 is 1.09 bits per heavy atom. The highest BCUT2D eigenvalue weighted by atomic mass is 79.9. The van der Waals surface area contributed by atoms with E-state index >= 15 is 0 Å². The third-order valence-corrected chi connectivity index (χ3v) is 6.46. The Morgan fingerprint density at radius 2 is 1.88 bits per heavy atom. The smallest absolute Gasteiger partial charge is 0.232 e.